The van der Waals surface area contributed by atoms with E-state index in [1.807, 2.05) is 0 Å². The Kier molecular flexibility index (Phi) is 2.62. The fourth-order valence-electron chi connectivity index (χ4n) is 1.56. The molecule has 0 unspecified atom stereocenters. The van der Waals surface area contributed by atoms with Gasteiger partial charge in [-0.1, -0.05) is 0 Å². The number of hydrogen-bond donors (Lipinski definition) is 0. The van der Waals surface area contributed by atoms with E-state index in [0.717, 1.165) is 12.8 Å². The molecule has 0 saturated heterocycles. The summed E-state index contributed by atoms with van der Waals surface area (Å²) in [5, 5.41) is 22.3. The van der Waals surface area contributed by atoms with Crippen LogP contribution in [0.1, 0.15) is 30.5 Å². The summed E-state index contributed by atoms with van der Waals surface area (Å²) in [6, 6.07) is 0. The number of nitro groups is 1. The maximum absolute atomic E-state index is 10.6. The Morgan fingerprint density at radius 1 is 1.56 bits per heavy atom. The largest absolute Gasteiger partial charge is 0.423 e. The lowest BCUT2D eigenvalue weighted by atomic mass is 10.4. The Bertz CT molecular complexity index is 603. The third kappa shape index (κ3) is 2.13. The van der Waals surface area contributed by atoms with E-state index in [2.05, 4.69) is 31.2 Å². The molecule has 0 N–H and O–H groups in total. The number of aromatic nitrogens is 4. The first kappa shape index (κ1) is 11.3. The van der Waals surface area contributed by atoms with Crippen molar-refractivity contribution in [1.82, 2.24) is 20.0 Å². The van der Waals surface area contributed by atoms with Crippen LogP contribution in [-0.2, 0) is 6.54 Å². The summed E-state index contributed by atoms with van der Waals surface area (Å²) in [5.41, 5.74) is 0. The first-order chi connectivity index (χ1) is 8.63. The summed E-state index contributed by atoms with van der Waals surface area (Å²) in [4.78, 5) is 10.1. The van der Waals surface area contributed by atoms with Crippen LogP contribution in [0.2, 0.25) is 0 Å². The normalized spacial score (nSPS) is 14.9. The molecule has 1 fully saturated rings. The highest BCUT2D eigenvalue weighted by molar-refractivity contribution is 9.10. The van der Waals surface area contributed by atoms with Crippen LogP contribution in [0, 0.1) is 10.1 Å². The zero-order valence-corrected chi connectivity index (χ0v) is 10.7. The smallest absolute Gasteiger partial charge is 0.404 e. The predicted octanol–water partition coefficient (Wildman–Crippen LogP) is 1.86. The van der Waals surface area contributed by atoms with Gasteiger partial charge in [-0.3, -0.25) is 0 Å². The molecule has 1 aliphatic carbocycles. The van der Waals surface area contributed by atoms with Crippen LogP contribution in [0.3, 0.4) is 0 Å². The van der Waals surface area contributed by atoms with Crippen LogP contribution >= 0.6 is 15.9 Å². The second-order valence-electron chi connectivity index (χ2n) is 4.06. The maximum Gasteiger partial charge on any atom is 0.404 e. The molecule has 0 aromatic carbocycles. The van der Waals surface area contributed by atoms with Crippen molar-refractivity contribution in [2.45, 2.75) is 25.3 Å². The van der Waals surface area contributed by atoms with Gasteiger partial charge in [0.2, 0.25) is 11.8 Å². The highest BCUT2D eigenvalue weighted by Gasteiger charge is 2.29. The highest BCUT2D eigenvalue weighted by atomic mass is 79.9. The second kappa shape index (κ2) is 4.16. The van der Waals surface area contributed by atoms with Crippen molar-refractivity contribution in [2.75, 3.05) is 0 Å². The van der Waals surface area contributed by atoms with Crippen LogP contribution in [0.5, 0.6) is 0 Å². The van der Waals surface area contributed by atoms with Gasteiger partial charge >= 0.3 is 5.82 Å². The zero-order chi connectivity index (χ0) is 12.7. The van der Waals surface area contributed by atoms with E-state index in [1.54, 1.807) is 0 Å². The molecular formula is C9H8BrN5O3. The first-order valence-corrected chi connectivity index (χ1v) is 6.12. The molecule has 0 bridgehead atoms. The van der Waals surface area contributed by atoms with Crippen LogP contribution in [-0.4, -0.2) is 24.9 Å². The molecule has 2 aromatic rings. The van der Waals surface area contributed by atoms with Crippen LogP contribution in [0.25, 0.3) is 0 Å². The molecule has 9 heteroatoms. The number of rotatable bonds is 4. The molecule has 0 atom stereocenters. The molecule has 0 amide bonds. The van der Waals surface area contributed by atoms with E-state index >= 15 is 0 Å². The third-order valence-corrected chi connectivity index (χ3v) is 3.14. The summed E-state index contributed by atoms with van der Waals surface area (Å²) in [7, 11) is 0. The van der Waals surface area contributed by atoms with Gasteiger partial charge in [-0.2, -0.15) is 4.68 Å². The zero-order valence-electron chi connectivity index (χ0n) is 9.11. The molecular weight excluding hydrogens is 306 g/mol. The molecule has 3 rings (SSSR count). The molecule has 94 valence electrons. The van der Waals surface area contributed by atoms with Gasteiger partial charge in [0.25, 0.3) is 0 Å². The third-order valence-electron chi connectivity index (χ3n) is 2.58. The first-order valence-electron chi connectivity index (χ1n) is 5.33. The van der Waals surface area contributed by atoms with Crippen LogP contribution < -0.4 is 0 Å². The van der Waals surface area contributed by atoms with E-state index < -0.39 is 4.92 Å². The van der Waals surface area contributed by atoms with Crippen molar-refractivity contribution in [3.05, 3.63) is 32.6 Å². The molecule has 2 aromatic heterocycles. The SMILES string of the molecule is O=[N+]([O-])c1nn(Cc2nnc(C3CC3)o2)cc1Br. The van der Waals surface area contributed by atoms with Gasteiger partial charge in [-0.05, 0) is 33.7 Å². The van der Waals surface area contributed by atoms with Gasteiger partial charge in [0.05, 0.1) is 11.3 Å². The predicted molar refractivity (Wildman–Crippen MR) is 62.0 cm³/mol. The number of hydrogen-bond acceptors (Lipinski definition) is 6. The standard InChI is InChI=1S/C9H8BrN5O3/c10-6-3-14(13-8(6)15(16)17)4-7-11-12-9(18-7)5-1-2-5/h3,5H,1-2,4H2. The lowest BCUT2D eigenvalue weighted by Crippen LogP contribution is -2.01. The fraction of sp³-hybridized carbons (Fsp3) is 0.444. The summed E-state index contributed by atoms with van der Waals surface area (Å²) < 4.78 is 7.18. The fourth-order valence-corrected chi connectivity index (χ4v) is 2.02. The number of halogens is 1. The Morgan fingerprint density at radius 2 is 2.33 bits per heavy atom. The van der Waals surface area contributed by atoms with Gasteiger partial charge in [0.1, 0.15) is 11.0 Å². The summed E-state index contributed by atoms with van der Waals surface area (Å²) in [6.45, 7) is 0.228. The van der Waals surface area contributed by atoms with E-state index in [9.17, 15) is 10.1 Å². The van der Waals surface area contributed by atoms with Crippen molar-refractivity contribution in [3.8, 4) is 0 Å². The van der Waals surface area contributed by atoms with Crippen LogP contribution in [0.4, 0.5) is 5.82 Å². The van der Waals surface area contributed by atoms with Gasteiger partial charge in [0.15, 0.2) is 0 Å². The minimum absolute atomic E-state index is 0.225. The molecule has 2 heterocycles. The topological polar surface area (TPSA) is 99.9 Å². The van der Waals surface area contributed by atoms with E-state index in [-0.39, 0.29) is 12.4 Å². The molecule has 1 saturated carbocycles. The lowest BCUT2D eigenvalue weighted by Gasteiger charge is -1.90. The van der Waals surface area contributed by atoms with E-state index in [1.165, 1.54) is 10.9 Å². The Hall–Kier alpha value is -1.77. The van der Waals surface area contributed by atoms with Crippen molar-refractivity contribution < 1.29 is 9.34 Å². The lowest BCUT2D eigenvalue weighted by molar-refractivity contribution is -0.390. The molecule has 0 spiro atoms. The average molecular weight is 314 g/mol. The van der Waals surface area contributed by atoms with Crippen molar-refractivity contribution in [1.29, 1.82) is 0 Å². The maximum atomic E-state index is 10.6. The molecule has 8 nitrogen and oxygen atoms in total. The minimum atomic E-state index is -0.552. The molecule has 1 aliphatic rings. The van der Waals surface area contributed by atoms with Gasteiger partial charge in [-0.15, -0.1) is 10.2 Å². The Morgan fingerprint density at radius 3 is 2.94 bits per heavy atom. The summed E-state index contributed by atoms with van der Waals surface area (Å²) in [5.74, 6) is 1.22. The van der Waals surface area contributed by atoms with Crippen molar-refractivity contribution in [3.63, 3.8) is 0 Å². The minimum Gasteiger partial charge on any atom is -0.423 e. The molecule has 18 heavy (non-hydrogen) atoms. The Balaban J connectivity index is 1.78. The van der Waals surface area contributed by atoms with E-state index in [4.69, 9.17) is 4.42 Å². The van der Waals surface area contributed by atoms with E-state index in [0.29, 0.717) is 22.2 Å². The van der Waals surface area contributed by atoms with Crippen molar-refractivity contribution in [2.24, 2.45) is 0 Å². The van der Waals surface area contributed by atoms with Gasteiger partial charge < -0.3 is 14.5 Å². The average Bonchev–Trinajstić information content (AvgIpc) is 2.95. The Labute approximate surface area is 109 Å². The van der Waals surface area contributed by atoms with Crippen molar-refractivity contribution >= 4 is 21.7 Å². The number of nitrogens with zero attached hydrogens (tertiary/aromatic N) is 5. The highest BCUT2D eigenvalue weighted by Crippen LogP contribution is 2.39. The summed E-state index contributed by atoms with van der Waals surface area (Å²) >= 11 is 3.08. The monoisotopic (exact) mass is 313 g/mol. The molecule has 0 radical (unpaired) electrons. The quantitative estimate of drug-likeness (QED) is 0.631. The summed E-state index contributed by atoms with van der Waals surface area (Å²) in [6.07, 6.45) is 3.68. The van der Waals surface area contributed by atoms with Gasteiger partial charge in [0, 0.05) is 5.92 Å². The second-order valence-corrected chi connectivity index (χ2v) is 4.92. The van der Waals surface area contributed by atoms with Crippen LogP contribution in [0.15, 0.2) is 15.1 Å². The molecule has 0 aliphatic heterocycles. The van der Waals surface area contributed by atoms with Gasteiger partial charge in [-0.25, -0.2) is 0 Å².